The average Bonchev–Trinajstić information content (AvgIpc) is 3.09. The van der Waals surface area contributed by atoms with E-state index in [1.807, 2.05) is 12.1 Å². The standard InChI is InChI=1S/C23H21ClN2O2/c1-14-10-16(15-2-5-22(27)20(24)12-15)11-19-18-4-3-17(13-21(18)25-23(14)19)26-6-8-28-9-7-26/h2-5,10-13,25,27H,6-9H2,1H3. The molecule has 142 valence electrons. The van der Waals surface area contributed by atoms with Crippen molar-refractivity contribution in [2.24, 2.45) is 0 Å². The molecule has 0 amide bonds. The minimum Gasteiger partial charge on any atom is -0.506 e. The number of hydrogen-bond acceptors (Lipinski definition) is 3. The molecule has 0 spiro atoms. The van der Waals surface area contributed by atoms with Crippen molar-refractivity contribution in [1.29, 1.82) is 0 Å². The number of aromatic hydroxyl groups is 1. The number of hydrogen-bond donors (Lipinski definition) is 2. The van der Waals surface area contributed by atoms with Gasteiger partial charge in [0.25, 0.3) is 0 Å². The summed E-state index contributed by atoms with van der Waals surface area (Å²) in [6, 6.07) is 16.3. The predicted molar refractivity (Wildman–Crippen MR) is 116 cm³/mol. The number of phenols is 1. The molecule has 0 unspecified atom stereocenters. The van der Waals surface area contributed by atoms with Crippen LogP contribution in [-0.2, 0) is 4.74 Å². The van der Waals surface area contributed by atoms with Crippen LogP contribution in [0.4, 0.5) is 5.69 Å². The van der Waals surface area contributed by atoms with Gasteiger partial charge in [0.2, 0.25) is 0 Å². The Balaban J connectivity index is 1.64. The number of aromatic nitrogens is 1. The third-order valence-electron chi connectivity index (χ3n) is 5.55. The highest BCUT2D eigenvalue weighted by Gasteiger charge is 2.14. The predicted octanol–water partition coefficient (Wildman–Crippen LogP) is 5.49. The average molecular weight is 393 g/mol. The number of halogens is 1. The Morgan fingerprint density at radius 3 is 2.57 bits per heavy atom. The molecule has 1 aliphatic rings. The maximum absolute atomic E-state index is 9.71. The lowest BCUT2D eigenvalue weighted by Crippen LogP contribution is -2.36. The molecule has 1 fully saturated rings. The fraction of sp³-hybridized carbons (Fsp3) is 0.217. The van der Waals surface area contributed by atoms with E-state index in [0.717, 1.165) is 48.5 Å². The largest absolute Gasteiger partial charge is 0.506 e. The van der Waals surface area contributed by atoms with Crippen LogP contribution >= 0.6 is 11.6 Å². The second-order valence-electron chi connectivity index (χ2n) is 7.34. The van der Waals surface area contributed by atoms with Crippen molar-refractivity contribution in [1.82, 2.24) is 4.98 Å². The third kappa shape index (κ3) is 2.89. The van der Waals surface area contributed by atoms with E-state index in [1.165, 1.54) is 22.0 Å². The highest BCUT2D eigenvalue weighted by atomic mass is 35.5. The summed E-state index contributed by atoms with van der Waals surface area (Å²) in [6.07, 6.45) is 0. The zero-order valence-corrected chi connectivity index (χ0v) is 16.4. The molecule has 5 heteroatoms. The first kappa shape index (κ1) is 17.4. The SMILES string of the molecule is Cc1cc(-c2ccc(O)c(Cl)c2)cc2c1[nH]c1cc(N3CCOCC3)ccc12. The van der Waals surface area contributed by atoms with E-state index in [4.69, 9.17) is 16.3 Å². The van der Waals surface area contributed by atoms with E-state index < -0.39 is 0 Å². The van der Waals surface area contributed by atoms with Crippen molar-refractivity contribution in [3.63, 3.8) is 0 Å². The molecule has 0 saturated carbocycles. The van der Waals surface area contributed by atoms with Gasteiger partial charge in [-0.3, -0.25) is 0 Å². The minimum atomic E-state index is 0.103. The van der Waals surface area contributed by atoms with E-state index in [0.29, 0.717) is 5.02 Å². The molecule has 3 aromatic carbocycles. The molecule has 1 aromatic heterocycles. The summed E-state index contributed by atoms with van der Waals surface area (Å²) in [7, 11) is 0. The van der Waals surface area contributed by atoms with Crippen molar-refractivity contribution in [3.05, 3.63) is 59.1 Å². The molecule has 5 rings (SSSR count). The molecule has 0 atom stereocenters. The van der Waals surface area contributed by atoms with Crippen molar-refractivity contribution in [2.45, 2.75) is 6.92 Å². The topological polar surface area (TPSA) is 48.5 Å². The highest BCUT2D eigenvalue weighted by Crippen LogP contribution is 2.36. The second-order valence-corrected chi connectivity index (χ2v) is 7.74. The van der Waals surface area contributed by atoms with Gasteiger partial charge in [0.1, 0.15) is 5.75 Å². The van der Waals surface area contributed by atoms with Crippen molar-refractivity contribution >= 4 is 39.1 Å². The Bertz CT molecular complexity index is 1190. The quantitative estimate of drug-likeness (QED) is 0.474. The second kappa shape index (κ2) is 6.73. The zero-order chi connectivity index (χ0) is 19.3. The zero-order valence-electron chi connectivity index (χ0n) is 15.6. The van der Waals surface area contributed by atoms with E-state index in [1.54, 1.807) is 6.07 Å². The lowest BCUT2D eigenvalue weighted by molar-refractivity contribution is 0.122. The number of morpholine rings is 1. The summed E-state index contributed by atoms with van der Waals surface area (Å²) in [5.41, 5.74) is 6.79. The Morgan fingerprint density at radius 2 is 1.79 bits per heavy atom. The fourth-order valence-electron chi connectivity index (χ4n) is 4.04. The Hall–Kier alpha value is -2.69. The van der Waals surface area contributed by atoms with Crippen molar-refractivity contribution < 1.29 is 9.84 Å². The van der Waals surface area contributed by atoms with Gasteiger partial charge in [-0.05, 0) is 60.0 Å². The Kier molecular flexibility index (Phi) is 4.18. The van der Waals surface area contributed by atoms with Crippen molar-refractivity contribution in [2.75, 3.05) is 31.2 Å². The number of benzene rings is 3. The number of aryl methyl sites for hydroxylation is 1. The molecule has 4 aromatic rings. The maximum Gasteiger partial charge on any atom is 0.134 e. The lowest BCUT2D eigenvalue weighted by atomic mass is 9.99. The first-order valence-corrected chi connectivity index (χ1v) is 9.85. The summed E-state index contributed by atoms with van der Waals surface area (Å²) in [6.45, 7) is 5.53. The number of fused-ring (bicyclic) bond motifs is 3. The van der Waals surface area contributed by atoms with Gasteiger partial charge in [-0.2, -0.15) is 0 Å². The number of ether oxygens (including phenoxy) is 1. The van der Waals surface area contributed by atoms with Crippen LogP contribution in [0.2, 0.25) is 5.02 Å². The molecule has 1 aliphatic heterocycles. The number of aromatic amines is 1. The summed E-state index contributed by atoms with van der Waals surface area (Å²) < 4.78 is 5.47. The van der Waals surface area contributed by atoms with Gasteiger partial charge < -0.3 is 19.7 Å². The van der Waals surface area contributed by atoms with Crippen molar-refractivity contribution in [3.8, 4) is 16.9 Å². The summed E-state index contributed by atoms with van der Waals surface area (Å²) >= 11 is 6.12. The fourth-order valence-corrected chi connectivity index (χ4v) is 4.22. The highest BCUT2D eigenvalue weighted by molar-refractivity contribution is 6.32. The van der Waals surface area contributed by atoms with Crippen LogP contribution in [0.25, 0.3) is 32.9 Å². The number of nitrogens with zero attached hydrogens (tertiary/aromatic N) is 1. The number of rotatable bonds is 2. The number of H-pyrrole nitrogens is 1. The maximum atomic E-state index is 9.71. The summed E-state index contributed by atoms with van der Waals surface area (Å²) in [5.74, 6) is 0.103. The Labute approximate surface area is 168 Å². The first-order chi connectivity index (χ1) is 13.6. The lowest BCUT2D eigenvalue weighted by Gasteiger charge is -2.28. The van der Waals surface area contributed by atoms with Gasteiger partial charge in [0.05, 0.1) is 18.2 Å². The number of nitrogens with one attached hydrogen (secondary N) is 1. The monoisotopic (exact) mass is 392 g/mol. The van der Waals surface area contributed by atoms with Crippen LogP contribution in [0.3, 0.4) is 0 Å². The van der Waals surface area contributed by atoms with Crippen LogP contribution < -0.4 is 4.90 Å². The van der Waals surface area contributed by atoms with Crippen LogP contribution in [0.5, 0.6) is 5.75 Å². The van der Waals surface area contributed by atoms with Crippen LogP contribution in [0.15, 0.2) is 48.5 Å². The van der Waals surface area contributed by atoms with Gasteiger partial charge in [0.15, 0.2) is 0 Å². The first-order valence-electron chi connectivity index (χ1n) is 9.48. The molecule has 1 saturated heterocycles. The molecule has 28 heavy (non-hydrogen) atoms. The molecule has 2 N–H and O–H groups in total. The van der Waals surface area contributed by atoms with E-state index in [2.05, 4.69) is 47.1 Å². The van der Waals surface area contributed by atoms with Crippen LogP contribution in [0, 0.1) is 6.92 Å². The molecular formula is C23H21ClN2O2. The molecule has 4 nitrogen and oxygen atoms in total. The van der Waals surface area contributed by atoms with Crippen LogP contribution in [-0.4, -0.2) is 36.4 Å². The van der Waals surface area contributed by atoms with Gasteiger partial charge in [-0.25, -0.2) is 0 Å². The van der Waals surface area contributed by atoms with E-state index in [9.17, 15) is 5.11 Å². The summed E-state index contributed by atoms with van der Waals surface area (Å²) in [4.78, 5) is 5.97. The minimum absolute atomic E-state index is 0.103. The van der Waals surface area contributed by atoms with Gasteiger partial charge in [-0.1, -0.05) is 23.7 Å². The van der Waals surface area contributed by atoms with Gasteiger partial charge >= 0.3 is 0 Å². The van der Waals surface area contributed by atoms with E-state index >= 15 is 0 Å². The van der Waals surface area contributed by atoms with Gasteiger partial charge in [0, 0.05) is 40.6 Å². The molecular weight excluding hydrogens is 372 g/mol. The van der Waals surface area contributed by atoms with Gasteiger partial charge in [-0.15, -0.1) is 0 Å². The number of anilines is 1. The van der Waals surface area contributed by atoms with Crippen LogP contribution in [0.1, 0.15) is 5.56 Å². The third-order valence-corrected chi connectivity index (χ3v) is 5.85. The number of phenolic OH excluding ortho intramolecular Hbond substituents is 1. The normalized spacial score (nSPS) is 14.9. The smallest absolute Gasteiger partial charge is 0.134 e. The summed E-state index contributed by atoms with van der Waals surface area (Å²) in [5, 5.41) is 12.5. The Morgan fingerprint density at radius 1 is 0.964 bits per heavy atom. The van der Waals surface area contributed by atoms with E-state index in [-0.39, 0.29) is 5.75 Å². The molecule has 0 aliphatic carbocycles. The molecule has 0 bridgehead atoms. The molecule has 2 heterocycles. The molecule has 0 radical (unpaired) electrons.